The van der Waals surface area contributed by atoms with Gasteiger partial charge in [-0.3, -0.25) is 0 Å². The van der Waals surface area contributed by atoms with E-state index in [-0.39, 0.29) is 0 Å². The molecule has 0 aliphatic carbocycles. The molecule has 0 aliphatic heterocycles. The maximum Gasteiger partial charge on any atom is 0.164 e. The van der Waals surface area contributed by atoms with Crippen LogP contribution in [-0.4, -0.2) is 24.6 Å². The minimum absolute atomic E-state index is 0.604. The van der Waals surface area contributed by atoms with Crippen molar-refractivity contribution in [1.82, 2.24) is 24.6 Å². The molecule has 0 fully saturated rings. The lowest BCUT2D eigenvalue weighted by Crippen LogP contribution is -2.00. The fraction of sp³-hybridized carbons (Fsp3) is 0. The molecule has 0 radical (unpaired) electrons. The Hall–Kier alpha value is -8.06. The zero-order chi connectivity index (χ0) is 41.0. The molecule has 4 heterocycles. The first-order valence-electron chi connectivity index (χ1n) is 20.7. The molecule has 12 rings (SSSR count). The molecular weight excluding hydrogens is 775 g/mol. The van der Waals surface area contributed by atoms with Crippen molar-refractivity contribution >= 4 is 47.8 Å². The molecule has 0 unspecified atom stereocenters. The first-order valence-corrected chi connectivity index (χ1v) is 21.5. The molecule has 0 aliphatic rings. The summed E-state index contributed by atoms with van der Waals surface area (Å²) >= 11 is 1.83. The normalized spacial score (nSPS) is 11.5. The maximum atomic E-state index is 5.44. The van der Waals surface area contributed by atoms with Gasteiger partial charge in [0, 0.05) is 58.9 Å². The Morgan fingerprint density at radius 2 is 0.903 bits per heavy atom. The molecule has 8 aromatic carbocycles. The number of fused-ring (bicyclic) bond motifs is 6. The topological polar surface area (TPSA) is 56.0 Å². The third-order valence-corrected chi connectivity index (χ3v) is 12.8. The second-order valence-electron chi connectivity index (χ2n) is 15.4. The first kappa shape index (κ1) is 35.8. The van der Waals surface area contributed by atoms with Gasteiger partial charge in [-0.1, -0.05) is 188 Å². The van der Waals surface area contributed by atoms with Gasteiger partial charge < -0.3 is 0 Å². The van der Waals surface area contributed by atoms with Crippen molar-refractivity contribution in [3.63, 3.8) is 0 Å². The van der Waals surface area contributed by atoms with E-state index >= 15 is 0 Å². The van der Waals surface area contributed by atoms with Gasteiger partial charge in [-0.05, 0) is 46.3 Å². The molecule has 0 saturated heterocycles. The molecule has 0 amide bonds. The number of pyridine rings is 1. The highest BCUT2D eigenvalue weighted by molar-refractivity contribution is 7.25. The number of hydrogen-bond donors (Lipinski definition) is 0. The van der Waals surface area contributed by atoms with Crippen LogP contribution in [0.5, 0.6) is 0 Å². The SMILES string of the molecule is c1ccc(-c2nc(-c3ccc(-c4nn5c(-c6ccccc6)cc6ccccc6c5c4-c4ccccc4)cc3)nc(-c3cccc(-c4cccc5sc6ccccc6c45)c3)n2)cc1. The van der Waals surface area contributed by atoms with E-state index in [1.54, 1.807) is 0 Å². The van der Waals surface area contributed by atoms with E-state index in [9.17, 15) is 0 Å². The molecule has 290 valence electrons. The predicted molar refractivity (Wildman–Crippen MR) is 257 cm³/mol. The van der Waals surface area contributed by atoms with Crippen molar-refractivity contribution in [1.29, 1.82) is 0 Å². The highest BCUT2D eigenvalue weighted by Crippen LogP contribution is 2.43. The van der Waals surface area contributed by atoms with E-state index in [2.05, 4.69) is 187 Å². The lowest BCUT2D eigenvalue weighted by Gasteiger charge is -2.11. The van der Waals surface area contributed by atoms with Crippen LogP contribution in [0.15, 0.2) is 212 Å². The fourth-order valence-corrected chi connectivity index (χ4v) is 9.88. The monoisotopic (exact) mass is 809 g/mol. The van der Waals surface area contributed by atoms with Gasteiger partial charge in [0.1, 0.15) is 5.69 Å². The van der Waals surface area contributed by atoms with Crippen molar-refractivity contribution < 1.29 is 0 Å². The number of nitrogens with zero attached hydrogens (tertiary/aromatic N) is 5. The highest BCUT2D eigenvalue weighted by atomic mass is 32.1. The standard InChI is InChI=1S/C56H35N5S/c1-4-16-36(17-5-1)47-35-42-22-10-11-25-45(42)53-50(37-18-6-2-7-19-37)52(60-61(47)53)38-30-32-40(33-31-38)55-57-54(39-20-8-3-9-21-39)58-56(59-55)43-24-14-23-41(34-43)44-27-15-29-49-51(44)46-26-12-13-28-48(46)62-49/h1-35H. The van der Waals surface area contributed by atoms with Crippen LogP contribution in [0.4, 0.5) is 0 Å². The van der Waals surface area contributed by atoms with Gasteiger partial charge in [0.2, 0.25) is 0 Å². The Kier molecular flexibility index (Phi) is 8.61. The van der Waals surface area contributed by atoms with E-state index in [1.165, 1.54) is 31.1 Å². The largest absolute Gasteiger partial charge is 0.231 e. The van der Waals surface area contributed by atoms with Gasteiger partial charge in [0.05, 0.1) is 11.2 Å². The van der Waals surface area contributed by atoms with Crippen LogP contribution in [0.1, 0.15) is 0 Å². The Morgan fingerprint density at radius 3 is 1.65 bits per heavy atom. The summed E-state index contributed by atoms with van der Waals surface area (Å²) in [7, 11) is 0. The van der Waals surface area contributed by atoms with Crippen LogP contribution < -0.4 is 0 Å². The van der Waals surface area contributed by atoms with Gasteiger partial charge >= 0.3 is 0 Å². The molecule has 4 aromatic heterocycles. The van der Waals surface area contributed by atoms with Crippen LogP contribution in [0, 0.1) is 0 Å². The first-order chi connectivity index (χ1) is 30.7. The van der Waals surface area contributed by atoms with Gasteiger partial charge in [0.15, 0.2) is 17.5 Å². The molecule has 0 bridgehead atoms. The average molecular weight is 810 g/mol. The summed E-state index contributed by atoms with van der Waals surface area (Å²) in [6.45, 7) is 0. The maximum absolute atomic E-state index is 5.44. The van der Waals surface area contributed by atoms with Gasteiger partial charge in [0.25, 0.3) is 0 Å². The quantitative estimate of drug-likeness (QED) is 0.161. The molecule has 0 saturated carbocycles. The second-order valence-corrected chi connectivity index (χ2v) is 16.5. The molecule has 0 spiro atoms. The summed E-state index contributed by atoms with van der Waals surface area (Å²) < 4.78 is 4.69. The summed E-state index contributed by atoms with van der Waals surface area (Å²) in [6.07, 6.45) is 0. The van der Waals surface area contributed by atoms with Gasteiger partial charge in [-0.25, -0.2) is 19.5 Å². The molecule has 5 nitrogen and oxygen atoms in total. The van der Waals surface area contributed by atoms with Crippen LogP contribution in [-0.2, 0) is 0 Å². The minimum atomic E-state index is 0.604. The Bertz CT molecular complexity index is 3610. The summed E-state index contributed by atoms with van der Waals surface area (Å²) in [6, 6.07) is 74.4. The Labute approximate surface area is 361 Å². The van der Waals surface area contributed by atoms with Crippen molar-refractivity contribution in [3.8, 4) is 78.9 Å². The smallest absolute Gasteiger partial charge is 0.164 e. The third-order valence-electron chi connectivity index (χ3n) is 11.7. The lowest BCUT2D eigenvalue weighted by molar-refractivity contribution is 0.979. The average Bonchev–Trinajstić information content (AvgIpc) is 3.95. The molecule has 0 atom stereocenters. The Morgan fingerprint density at radius 1 is 0.371 bits per heavy atom. The molecule has 62 heavy (non-hydrogen) atoms. The zero-order valence-electron chi connectivity index (χ0n) is 33.4. The number of thiophene rings is 1. The van der Waals surface area contributed by atoms with Crippen LogP contribution in [0.2, 0.25) is 0 Å². The summed E-state index contributed by atoms with van der Waals surface area (Å²) in [5.41, 5.74) is 12.4. The predicted octanol–water partition coefficient (Wildman–Crippen LogP) is 14.7. The van der Waals surface area contributed by atoms with Crippen molar-refractivity contribution in [3.05, 3.63) is 212 Å². The van der Waals surface area contributed by atoms with E-state index in [4.69, 9.17) is 20.1 Å². The second kappa shape index (κ2) is 14.9. The fourth-order valence-electron chi connectivity index (χ4n) is 8.75. The van der Waals surface area contributed by atoms with Crippen molar-refractivity contribution in [2.24, 2.45) is 0 Å². The molecular formula is C56H35N5S. The minimum Gasteiger partial charge on any atom is -0.231 e. The Balaban J connectivity index is 1.00. The van der Waals surface area contributed by atoms with Crippen LogP contribution >= 0.6 is 11.3 Å². The van der Waals surface area contributed by atoms with Crippen molar-refractivity contribution in [2.75, 3.05) is 0 Å². The van der Waals surface area contributed by atoms with Gasteiger partial charge in [-0.2, -0.15) is 5.10 Å². The third kappa shape index (κ3) is 6.16. The van der Waals surface area contributed by atoms with Crippen molar-refractivity contribution in [2.45, 2.75) is 0 Å². The zero-order valence-corrected chi connectivity index (χ0v) is 34.2. The highest BCUT2D eigenvalue weighted by Gasteiger charge is 2.22. The number of benzene rings is 8. The van der Waals surface area contributed by atoms with E-state index in [0.717, 1.165) is 66.8 Å². The lowest BCUT2D eigenvalue weighted by atomic mass is 9.96. The number of hydrogen-bond acceptors (Lipinski definition) is 5. The summed E-state index contributed by atoms with van der Waals surface area (Å²) in [5.74, 6) is 1.85. The van der Waals surface area contributed by atoms with Crippen LogP contribution in [0.25, 0.3) is 115 Å². The van der Waals surface area contributed by atoms with Crippen LogP contribution in [0.3, 0.4) is 0 Å². The summed E-state index contributed by atoms with van der Waals surface area (Å²) in [5, 5.41) is 10.3. The summed E-state index contributed by atoms with van der Waals surface area (Å²) in [4.78, 5) is 15.4. The number of rotatable bonds is 7. The molecule has 12 aromatic rings. The number of aromatic nitrogens is 5. The van der Waals surface area contributed by atoms with Gasteiger partial charge in [-0.15, -0.1) is 11.3 Å². The van der Waals surface area contributed by atoms with E-state index < -0.39 is 0 Å². The van der Waals surface area contributed by atoms with E-state index in [0.29, 0.717) is 17.5 Å². The molecule has 0 N–H and O–H groups in total. The molecule has 6 heteroatoms. The van der Waals surface area contributed by atoms with E-state index in [1.807, 2.05) is 41.7 Å².